The molecule has 0 aliphatic rings. The van der Waals surface area contributed by atoms with Gasteiger partial charge in [-0.2, -0.15) is 0 Å². The van der Waals surface area contributed by atoms with E-state index in [0.717, 1.165) is 17.9 Å². The summed E-state index contributed by atoms with van der Waals surface area (Å²) in [6, 6.07) is 8.39. The molecular weight excluding hydrogens is 186 g/mol. The summed E-state index contributed by atoms with van der Waals surface area (Å²) in [5.74, 6) is 0. The maximum atomic E-state index is 4.20. The summed E-state index contributed by atoms with van der Waals surface area (Å²) in [6.07, 6.45) is 3.91. The number of hydrogen-bond acceptors (Lipinski definition) is 2. The standard InChI is InChI=1S/C12H15N3/c1-10-7-15(9-14-10)8-11-4-3-5-12(6-11)13-2/h3-7,9,13H,8H2,1-2H3. The molecule has 0 radical (unpaired) electrons. The van der Waals surface area contributed by atoms with E-state index in [1.54, 1.807) is 0 Å². The number of anilines is 1. The van der Waals surface area contributed by atoms with Crippen LogP contribution in [-0.2, 0) is 6.54 Å². The summed E-state index contributed by atoms with van der Waals surface area (Å²) in [4.78, 5) is 4.20. The fourth-order valence-electron chi connectivity index (χ4n) is 1.59. The average molecular weight is 201 g/mol. The van der Waals surface area contributed by atoms with E-state index in [4.69, 9.17) is 0 Å². The minimum atomic E-state index is 0.871. The fourth-order valence-corrected chi connectivity index (χ4v) is 1.59. The molecule has 78 valence electrons. The second kappa shape index (κ2) is 4.17. The van der Waals surface area contributed by atoms with Gasteiger partial charge in [0.15, 0.2) is 0 Å². The van der Waals surface area contributed by atoms with Crippen LogP contribution in [0.4, 0.5) is 5.69 Å². The second-order valence-corrected chi connectivity index (χ2v) is 3.64. The molecule has 1 N–H and O–H groups in total. The van der Waals surface area contributed by atoms with Gasteiger partial charge >= 0.3 is 0 Å². The van der Waals surface area contributed by atoms with Gasteiger partial charge in [0.1, 0.15) is 0 Å². The van der Waals surface area contributed by atoms with Crippen LogP contribution < -0.4 is 5.32 Å². The number of rotatable bonds is 3. The number of hydrogen-bond donors (Lipinski definition) is 1. The first-order valence-electron chi connectivity index (χ1n) is 5.03. The van der Waals surface area contributed by atoms with E-state index >= 15 is 0 Å². The van der Waals surface area contributed by atoms with Gasteiger partial charge in [-0.1, -0.05) is 12.1 Å². The third-order valence-electron chi connectivity index (χ3n) is 2.34. The Hall–Kier alpha value is -1.77. The third kappa shape index (κ3) is 2.37. The maximum absolute atomic E-state index is 4.20. The van der Waals surface area contributed by atoms with Crippen LogP contribution in [0.15, 0.2) is 36.8 Å². The van der Waals surface area contributed by atoms with Crippen LogP contribution in [0.3, 0.4) is 0 Å². The van der Waals surface area contributed by atoms with Crippen LogP contribution in [0.5, 0.6) is 0 Å². The van der Waals surface area contributed by atoms with Crippen molar-refractivity contribution in [1.29, 1.82) is 0 Å². The highest BCUT2D eigenvalue weighted by Gasteiger charge is 1.97. The molecule has 0 atom stereocenters. The third-order valence-corrected chi connectivity index (χ3v) is 2.34. The fraction of sp³-hybridized carbons (Fsp3) is 0.250. The Kier molecular flexibility index (Phi) is 2.72. The monoisotopic (exact) mass is 201 g/mol. The highest BCUT2D eigenvalue weighted by atomic mass is 15.0. The molecule has 0 bridgehead atoms. The van der Waals surface area contributed by atoms with E-state index in [1.165, 1.54) is 5.56 Å². The van der Waals surface area contributed by atoms with Crippen molar-refractivity contribution in [2.75, 3.05) is 12.4 Å². The first kappa shape index (κ1) is 9.77. The molecule has 3 heteroatoms. The first-order chi connectivity index (χ1) is 7.28. The molecule has 0 unspecified atom stereocenters. The van der Waals surface area contributed by atoms with E-state index in [0.29, 0.717) is 0 Å². The molecular formula is C12H15N3. The van der Waals surface area contributed by atoms with Gasteiger partial charge in [0.05, 0.1) is 12.0 Å². The highest BCUT2D eigenvalue weighted by molar-refractivity contribution is 5.45. The van der Waals surface area contributed by atoms with Crippen molar-refractivity contribution >= 4 is 5.69 Å². The van der Waals surface area contributed by atoms with Gasteiger partial charge < -0.3 is 9.88 Å². The van der Waals surface area contributed by atoms with Crippen molar-refractivity contribution < 1.29 is 0 Å². The largest absolute Gasteiger partial charge is 0.388 e. The molecule has 3 nitrogen and oxygen atoms in total. The van der Waals surface area contributed by atoms with Crippen LogP contribution in [0.2, 0.25) is 0 Å². The van der Waals surface area contributed by atoms with Crippen LogP contribution in [-0.4, -0.2) is 16.6 Å². The zero-order valence-corrected chi connectivity index (χ0v) is 9.07. The number of aromatic nitrogens is 2. The van der Waals surface area contributed by atoms with Crippen molar-refractivity contribution in [3.63, 3.8) is 0 Å². The Morgan fingerprint density at radius 2 is 2.27 bits per heavy atom. The summed E-state index contributed by atoms with van der Waals surface area (Å²) >= 11 is 0. The van der Waals surface area contributed by atoms with E-state index in [2.05, 4.69) is 39.1 Å². The normalized spacial score (nSPS) is 10.3. The summed E-state index contributed by atoms with van der Waals surface area (Å²) in [5.41, 5.74) is 3.48. The summed E-state index contributed by atoms with van der Waals surface area (Å²) in [5, 5.41) is 3.13. The Morgan fingerprint density at radius 3 is 2.93 bits per heavy atom. The van der Waals surface area contributed by atoms with E-state index in [1.807, 2.05) is 26.5 Å². The summed E-state index contributed by atoms with van der Waals surface area (Å²) in [6.45, 7) is 2.87. The van der Waals surface area contributed by atoms with Gasteiger partial charge in [-0.3, -0.25) is 0 Å². The lowest BCUT2D eigenvalue weighted by Crippen LogP contribution is -1.97. The number of benzene rings is 1. The molecule has 0 spiro atoms. The molecule has 2 rings (SSSR count). The molecule has 0 saturated heterocycles. The quantitative estimate of drug-likeness (QED) is 0.825. The molecule has 1 aromatic heterocycles. The van der Waals surface area contributed by atoms with Gasteiger partial charge in [-0.05, 0) is 24.6 Å². The van der Waals surface area contributed by atoms with Gasteiger partial charge in [-0.15, -0.1) is 0 Å². The number of aryl methyl sites for hydroxylation is 1. The maximum Gasteiger partial charge on any atom is 0.0952 e. The molecule has 2 aromatic rings. The average Bonchev–Trinajstić information content (AvgIpc) is 2.64. The molecule has 0 fully saturated rings. The van der Waals surface area contributed by atoms with E-state index in [9.17, 15) is 0 Å². The van der Waals surface area contributed by atoms with Crippen LogP contribution >= 0.6 is 0 Å². The molecule has 1 heterocycles. The van der Waals surface area contributed by atoms with E-state index < -0.39 is 0 Å². The molecule has 0 saturated carbocycles. The predicted octanol–water partition coefficient (Wildman–Crippen LogP) is 2.28. The Bertz CT molecular complexity index is 446. The number of nitrogens with one attached hydrogen (secondary N) is 1. The Labute approximate surface area is 89.8 Å². The summed E-state index contributed by atoms with van der Waals surface area (Å²) < 4.78 is 2.09. The van der Waals surface area contributed by atoms with Crippen LogP contribution in [0, 0.1) is 6.92 Å². The van der Waals surface area contributed by atoms with Gasteiger partial charge in [0, 0.05) is 25.5 Å². The molecule has 0 aliphatic heterocycles. The lowest BCUT2D eigenvalue weighted by molar-refractivity contribution is 0.797. The van der Waals surface area contributed by atoms with Crippen molar-refractivity contribution in [2.24, 2.45) is 0 Å². The van der Waals surface area contributed by atoms with Crippen LogP contribution in [0.25, 0.3) is 0 Å². The first-order valence-corrected chi connectivity index (χ1v) is 5.03. The van der Waals surface area contributed by atoms with Gasteiger partial charge in [0.2, 0.25) is 0 Å². The lowest BCUT2D eigenvalue weighted by atomic mass is 10.2. The minimum Gasteiger partial charge on any atom is -0.388 e. The van der Waals surface area contributed by atoms with E-state index in [-0.39, 0.29) is 0 Å². The Morgan fingerprint density at radius 1 is 1.40 bits per heavy atom. The van der Waals surface area contributed by atoms with Gasteiger partial charge in [0.25, 0.3) is 0 Å². The number of imidazole rings is 1. The van der Waals surface area contributed by atoms with Crippen molar-refractivity contribution in [3.05, 3.63) is 48.0 Å². The molecule has 1 aromatic carbocycles. The SMILES string of the molecule is CNc1cccc(Cn2cnc(C)c2)c1. The zero-order valence-electron chi connectivity index (χ0n) is 9.07. The minimum absolute atomic E-state index is 0.871. The Balaban J connectivity index is 2.16. The number of nitrogens with zero attached hydrogens (tertiary/aromatic N) is 2. The van der Waals surface area contributed by atoms with Crippen molar-refractivity contribution in [3.8, 4) is 0 Å². The predicted molar refractivity (Wildman–Crippen MR) is 62.1 cm³/mol. The van der Waals surface area contributed by atoms with Gasteiger partial charge in [-0.25, -0.2) is 4.98 Å². The molecule has 15 heavy (non-hydrogen) atoms. The molecule has 0 aliphatic carbocycles. The smallest absolute Gasteiger partial charge is 0.0952 e. The highest BCUT2D eigenvalue weighted by Crippen LogP contribution is 2.11. The molecule has 0 amide bonds. The van der Waals surface area contributed by atoms with Crippen molar-refractivity contribution in [2.45, 2.75) is 13.5 Å². The topological polar surface area (TPSA) is 29.9 Å². The second-order valence-electron chi connectivity index (χ2n) is 3.64. The van der Waals surface area contributed by atoms with Crippen molar-refractivity contribution in [1.82, 2.24) is 9.55 Å². The van der Waals surface area contributed by atoms with Crippen LogP contribution in [0.1, 0.15) is 11.3 Å². The zero-order chi connectivity index (χ0) is 10.7. The lowest BCUT2D eigenvalue weighted by Gasteiger charge is -2.05. The summed E-state index contributed by atoms with van der Waals surface area (Å²) in [7, 11) is 1.93.